The van der Waals surface area contributed by atoms with Crippen molar-refractivity contribution in [1.82, 2.24) is 0 Å². The number of aliphatic imine (C=N–C) groups is 1. The van der Waals surface area contributed by atoms with Gasteiger partial charge in [-0.3, -0.25) is 4.99 Å². The van der Waals surface area contributed by atoms with E-state index in [0.717, 1.165) is 16.8 Å². The van der Waals surface area contributed by atoms with Gasteiger partial charge < -0.3 is 4.18 Å². The summed E-state index contributed by atoms with van der Waals surface area (Å²) in [4.78, 5) is 4.61. The molecule has 0 spiro atoms. The maximum absolute atomic E-state index is 12.5. The van der Waals surface area contributed by atoms with Gasteiger partial charge in [0.2, 0.25) is 0 Å². The van der Waals surface area contributed by atoms with E-state index in [0.29, 0.717) is 5.56 Å². The van der Waals surface area contributed by atoms with Gasteiger partial charge in [0.05, 0.1) is 5.69 Å². The van der Waals surface area contributed by atoms with Crippen LogP contribution >= 0.6 is 0 Å². The molecule has 3 aromatic carbocycles. The maximum atomic E-state index is 12.5. The molecule has 3 aromatic rings. The van der Waals surface area contributed by atoms with Crippen molar-refractivity contribution in [1.29, 1.82) is 0 Å². The van der Waals surface area contributed by atoms with Gasteiger partial charge >= 0.3 is 10.1 Å². The van der Waals surface area contributed by atoms with Crippen LogP contribution in [-0.2, 0) is 10.1 Å². The van der Waals surface area contributed by atoms with E-state index >= 15 is 0 Å². The minimum atomic E-state index is -3.90. The minimum absolute atomic E-state index is 0.112. The number of benzene rings is 3. The largest absolute Gasteiger partial charge is 0.378 e. The van der Waals surface area contributed by atoms with Crippen LogP contribution in [0.25, 0.3) is 0 Å². The van der Waals surface area contributed by atoms with Crippen molar-refractivity contribution in [3.63, 3.8) is 0 Å². The molecule has 0 saturated carbocycles. The Morgan fingerprint density at radius 1 is 0.885 bits per heavy atom. The first kappa shape index (κ1) is 17.9. The summed E-state index contributed by atoms with van der Waals surface area (Å²) in [7, 11) is -3.90. The Labute approximate surface area is 153 Å². The van der Waals surface area contributed by atoms with Crippen LogP contribution in [0.4, 0.5) is 5.69 Å². The summed E-state index contributed by atoms with van der Waals surface area (Å²) >= 11 is 0. The van der Waals surface area contributed by atoms with E-state index in [2.05, 4.69) is 4.99 Å². The second-order valence-corrected chi connectivity index (χ2v) is 7.48. The van der Waals surface area contributed by atoms with Crippen LogP contribution < -0.4 is 4.18 Å². The average Bonchev–Trinajstić information content (AvgIpc) is 2.64. The van der Waals surface area contributed by atoms with Crippen LogP contribution in [0.3, 0.4) is 0 Å². The van der Waals surface area contributed by atoms with Gasteiger partial charge in [0.25, 0.3) is 0 Å². The fourth-order valence-electron chi connectivity index (χ4n) is 2.41. The van der Waals surface area contributed by atoms with E-state index in [4.69, 9.17) is 4.18 Å². The molecular formula is C21H19NO3S. The number of hydrogen-bond acceptors (Lipinski definition) is 4. The first-order valence-corrected chi connectivity index (χ1v) is 9.56. The molecule has 0 fully saturated rings. The molecule has 4 nitrogen and oxygen atoms in total. The lowest BCUT2D eigenvalue weighted by atomic mass is 10.1. The molecule has 0 aliphatic heterocycles. The minimum Gasteiger partial charge on any atom is -0.378 e. The lowest BCUT2D eigenvalue weighted by molar-refractivity contribution is 0.485. The number of rotatable bonds is 5. The molecule has 0 aliphatic carbocycles. The molecule has 0 amide bonds. The summed E-state index contributed by atoms with van der Waals surface area (Å²) in [6, 6.07) is 21.0. The van der Waals surface area contributed by atoms with Gasteiger partial charge in [0, 0.05) is 11.8 Å². The zero-order valence-corrected chi connectivity index (χ0v) is 15.4. The second-order valence-electron chi connectivity index (χ2n) is 5.94. The quantitative estimate of drug-likeness (QED) is 0.481. The molecule has 0 N–H and O–H groups in total. The van der Waals surface area contributed by atoms with E-state index in [1.807, 2.05) is 38.1 Å². The summed E-state index contributed by atoms with van der Waals surface area (Å²) < 4.78 is 30.3. The van der Waals surface area contributed by atoms with Gasteiger partial charge in [0.15, 0.2) is 5.75 Å². The predicted octanol–water partition coefficient (Wildman–Crippen LogP) is 4.82. The lowest BCUT2D eigenvalue weighted by Crippen LogP contribution is -2.10. The van der Waals surface area contributed by atoms with E-state index < -0.39 is 10.1 Å². The molecule has 0 aromatic heterocycles. The van der Waals surface area contributed by atoms with Crippen LogP contribution in [0.2, 0.25) is 0 Å². The number of hydrogen-bond donors (Lipinski definition) is 0. The Morgan fingerprint density at radius 2 is 1.58 bits per heavy atom. The summed E-state index contributed by atoms with van der Waals surface area (Å²) in [5.41, 5.74) is 3.58. The molecule has 0 heterocycles. The SMILES string of the molecule is Cc1ccc(C)c(N=Cc2ccccc2OS(=O)(=O)c2ccccc2)c1. The van der Waals surface area contributed by atoms with Gasteiger partial charge in [-0.05, 0) is 55.3 Å². The Hall–Kier alpha value is -2.92. The van der Waals surface area contributed by atoms with Crippen molar-refractivity contribution in [2.24, 2.45) is 4.99 Å². The average molecular weight is 365 g/mol. The van der Waals surface area contributed by atoms with Crippen LogP contribution in [0.5, 0.6) is 5.75 Å². The molecule has 0 atom stereocenters. The third-order valence-corrected chi connectivity index (χ3v) is 5.11. The molecule has 0 unspecified atom stereocenters. The van der Waals surface area contributed by atoms with Crippen LogP contribution in [-0.4, -0.2) is 14.6 Å². The highest BCUT2D eigenvalue weighted by molar-refractivity contribution is 7.87. The fourth-order valence-corrected chi connectivity index (χ4v) is 3.39. The number of para-hydroxylation sites is 1. The molecule has 26 heavy (non-hydrogen) atoms. The van der Waals surface area contributed by atoms with Gasteiger partial charge in [-0.25, -0.2) is 0 Å². The van der Waals surface area contributed by atoms with Crippen LogP contribution in [0, 0.1) is 13.8 Å². The lowest BCUT2D eigenvalue weighted by Gasteiger charge is -2.09. The third kappa shape index (κ3) is 4.18. The zero-order chi connectivity index (χ0) is 18.6. The van der Waals surface area contributed by atoms with Crippen molar-refractivity contribution in [3.8, 4) is 5.75 Å². The predicted molar refractivity (Wildman–Crippen MR) is 104 cm³/mol. The monoisotopic (exact) mass is 365 g/mol. The third-order valence-electron chi connectivity index (χ3n) is 3.86. The Morgan fingerprint density at radius 3 is 2.35 bits per heavy atom. The summed E-state index contributed by atoms with van der Waals surface area (Å²) in [5, 5.41) is 0. The van der Waals surface area contributed by atoms with E-state index in [1.54, 1.807) is 42.6 Å². The maximum Gasteiger partial charge on any atom is 0.339 e. The summed E-state index contributed by atoms with van der Waals surface area (Å²) in [6.45, 7) is 3.98. The molecule has 0 radical (unpaired) electrons. The number of nitrogens with zero attached hydrogens (tertiary/aromatic N) is 1. The van der Waals surface area contributed by atoms with Crippen molar-refractivity contribution in [2.45, 2.75) is 18.7 Å². The Bertz CT molecular complexity index is 1040. The zero-order valence-electron chi connectivity index (χ0n) is 14.6. The van der Waals surface area contributed by atoms with Crippen molar-refractivity contribution < 1.29 is 12.6 Å². The number of aryl methyl sites for hydroxylation is 2. The van der Waals surface area contributed by atoms with Crippen LogP contribution in [0.15, 0.2) is 82.7 Å². The molecular weight excluding hydrogens is 346 g/mol. The smallest absolute Gasteiger partial charge is 0.339 e. The van der Waals surface area contributed by atoms with Gasteiger partial charge in [-0.15, -0.1) is 0 Å². The molecule has 0 saturated heterocycles. The highest BCUT2D eigenvalue weighted by Gasteiger charge is 2.17. The standard InChI is InChI=1S/C21H19NO3S/c1-16-12-13-17(2)20(14-16)22-15-18-8-6-7-11-21(18)25-26(23,24)19-9-4-3-5-10-19/h3-15H,1-2H3. The molecule has 132 valence electrons. The molecule has 0 aliphatic rings. The van der Waals surface area contributed by atoms with Crippen molar-refractivity contribution in [3.05, 3.63) is 89.5 Å². The summed E-state index contributed by atoms with van der Waals surface area (Å²) in [6.07, 6.45) is 1.62. The van der Waals surface area contributed by atoms with Gasteiger partial charge in [-0.1, -0.05) is 42.5 Å². The molecule has 3 rings (SSSR count). The second kappa shape index (κ2) is 7.54. The highest BCUT2D eigenvalue weighted by Crippen LogP contribution is 2.24. The van der Waals surface area contributed by atoms with E-state index in [-0.39, 0.29) is 10.6 Å². The fraction of sp³-hybridized carbons (Fsp3) is 0.0952. The first-order valence-electron chi connectivity index (χ1n) is 8.15. The van der Waals surface area contributed by atoms with Crippen LogP contribution in [0.1, 0.15) is 16.7 Å². The first-order chi connectivity index (χ1) is 12.5. The summed E-state index contributed by atoms with van der Waals surface area (Å²) in [5.74, 6) is 0.241. The van der Waals surface area contributed by atoms with Gasteiger partial charge in [-0.2, -0.15) is 8.42 Å². The van der Waals surface area contributed by atoms with E-state index in [9.17, 15) is 8.42 Å². The Kier molecular flexibility index (Phi) is 5.19. The topological polar surface area (TPSA) is 55.7 Å². The van der Waals surface area contributed by atoms with E-state index in [1.165, 1.54) is 12.1 Å². The molecule has 0 bridgehead atoms. The normalized spacial score (nSPS) is 11.6. The van der Waals surface area contributed by atoms with Crippen molar-refractivity contribution >= 4 is 22.0 Å². The van der Waals surface area contributed by atoms with Gasteiger partial charge in [0.1, 0.15) is 4.90 Å². The Balaban J connectivity index is 1.92. The van der Waals surface area contributed by atoms with Crippen molar-refractivity contribution in [2.75, 3.05) is 0 Å². The highest BCUT2D eigenvalue weighted by atomic mass is 32.2. The molecule has 5 heteroatoms.